The molecule has 2 unspecified atom stereocenters. The highest BCUT2D eigenvalue weighted by Gasteiger charge is 2.27. The van der Waals surface area contributed by atoms with Crippen LogP contribution in [0.5, 0.6) is 0 Å². The first-order valence-corrected chi connectivity index (χ1v) is 4.78. The number of hydrogen-bond acceptors (Lipinski definition) is 3. The SMILES string of the molecule is O=C(O)CC1=CC2C=C(CO)OC2C=C1. The van der Waals surface area contributed by atoms with Gasteiger partial charge in [0.05, 0.1) is 6.42 Å². The highest BCUT2D eigenvalue weighted by molar-refractivity contribution is 5.71. The van der Waals surface area contributed by atoms with E-state index >= 15 is 0 Å². The van der Waals surface area contributed by atoms with E-state index in [1.807, 2.05) is 18.2 Å². The number of carboxylic acid groups (broad SMARTS) is 1. The van der Waals surface area contributed by atoms with Crippen LogP contribution in [0.25, 0.3) is 0 Å². The largest absolute Gasteiger partial charge is 0.488 e. The molecule has 1 aliphatic carbocycles. The third-order valence-corrected chi connectivity index (χ3v) is 2.46. The van der Waals surface area contributed by atoms with Crippen molar-refractivity contribution in [2.24, 2.45) is 5.92 Å². The van der Waals surface area contributed by atoms with Gasteiger partial charge in [0.25, 0.3) is 0 Å². The molecule has 0 aromatic carbocycles. The number of carbonyl (C=O) groups is 1. The van der Waals surface area contributed by atoms with E-state index in [9.17, 15) is 4.79 Å². The number of hydrogen-bond donors (Lipinski definition) is 2. The van der Waals surface area contributed by atoms with Gasteiger partial charge in [0.2, 0.25) is 0 Å². The summed E-state index contributed by atoms with van der Waals surface area (Å²) in [7, 11) is 0. The Hall–Kier alpha value is -1.55. The summed E-state index contributed by atoms with van der Waals surface area (Å²) in [6, 6.07) is 0. The summed E-state index contributed by atoms with van der Waals surface area (Å²) in [6.07, 6.45) is 7.26. The van der Waals surface area contributed by atoms with E-state index in [4.69, 9.17) is 14.9 Å². The van der Waals surface area contributed by atoms with Gasteiger partial charge >= 0.3 is 5.97 Å². The fraction of sp³-hybridized carbons (Fsp3) is 0.364. The Balaban J connectivity index is 2.11. The minimum atomic E-state index is -0.838. The van der Waals surface area contributed by atoms with Crippen LogP contribution in [-0.2, 0) is 9.53 Å². The molecule has 2 aliphatic rings. The maximum Gasteiger partial charge on any atom is 0.307 e. The number of ether oxygens (including phenoxy) is 1. The lowest BCUT2D eigenvalue weighted by atomic mass is 9.93. The molecule has 0 spiro atoms. The molecule has 0 amide bonds. The van der Waals surface area contributed by atoms with Crippen LogP contribution in [0.2, 0.25) is 0 Å². The van der Waals surface area contributed by atoms with Gasteiger partial charge in [0.1, 0.15) is 18.5 Å². The molecule has 0 fully saturated rings. The van der Waals surface area contributed by atoms with Gasteiger partial charge in [-0.15, -0.1) is 0 Å². The Morgan fingerprint density at radius 3 is 2.93 bits per heavy atom. The van der Waals surface area contributed by atoms with Crippen LogP contribution in [0.15, 0.2) is 35.6 Å². The number of fused-ring (bicyclic) bond motifs is 1. The summed E-state index contributed by atoms with van der Waals surface area (Å²) < 4.78 is 5.40. The topological polar surface area (TPSA) is 66.8 Å². The van der Waals surface area contributed by atoms with Gasteiger partial charge in [0, 0.05) is 5.92 Å². The lowest BCUT2D eigenvalue weighted by Crippen LogP contribution is -2.16. The van der Waals surface area contributed by atoms with Crippen LogP contribution in [-0.4, -0.2) is 28.9 Å². The average molecular weight is 208 g/mol. The van der Waals surface area contributed by atoms with Gasteiger partial charge in [-0.1, -0.05) is 12.2 Å². The Morgan fingerprint density at radius 2 is 2.27 bits per heavy atom. The fourth-order valence-corrected chi connectivity index (χ4v) is 1.82. The van der Waals surface area contributed by atoms with E-state index in [0.717, 1.165) is 5.57 Å². The monoisotopic (exact) mass is 208 g/mol. The molecule has 1 aliphatic heterocycles. The second kappa shape index (κ2) is 3.90. The number of rotatable bonds is 3. The van der Waals surface area contributed by atoms with E-state index in [1.165, 1.54) is 0 Å². The van der Waals surface area contributed by atoms with Gasteiger partial charge < -0.3 is 14.9 Å². The summed E-state index contributed by atoms with van der Waals surface area (Å²) in [4.78, 5) is 10.5. The van der Waals surface area contributed by atoms with Crippen molar-refractivity contribution in [1.29, 1.82) is 0 Å². The summed E-state index contributed by atoms with van der Waals surface area (Å²) in [5, 5.41) is 17.5. The maximum absolute atomic E-state index is 10.5. The van der Waals surface area contributed by atoms with E-state index in [0.29, 0.717) is 5.76 Å². The highest BCUT2D eigenvalue weighted by Crippen LogP contribution is 2.30. The van der Waals surface area contributed by atoms with Gasteiger partial charge in [-0.05, 0) is 17.7 Å². The molecule has 4 heteroatoms. The molecule has 0 saturated carbocycles. The molecule has 0 aromatic rings. The Kier molecular flexibility index (Phi) is 2.60. The first-order valence-electron chi connectivity index (χ1n) is 4.78. The van der Waals surface area contributed by atoms with Crippen molar-refractivity contribution in [2.45, 2.75) is 12.5 Å². The number of aliphatic carboxylic acids is 1. The molecule has 0 saturated heterocycles. The third-order valence-electron chi connectivity index (χ3n) is 2.46. The Labute approximate surface area is 87.2 Å². The minimum absolute atomic E-state index is 0.0298. The quantitative estimate of drug-likeness (QED) is 0.721. The molecular formula is C11H12O4. The van der Waals surface area contributed by atoms with E-state index < -0.39 is 5.97 Å². The fourth-order valence-electron chi connectivity index (χ4n) is 1.82. The Bertz CT molecular complexity index is 365. The van der Waals surface area contributed by atoms with Crippen LogP contribution < -0.4 is 0 Å². The minimum Gasteiger partial charge on any atom is -0.488 e. The van der Waals surface area contributed by atoms with Crippen molar-refractivity contribution in [3.05, 3.63) is 35.6 Å². The maximum atomic E-state index is 10.5. The van der Waals surface area contributed by atoms with E-state index in [-0.39, 0.29) is 25.0 Å². The summed E-state index contributed by atoms with van der Waals surface area (Å²) in [6.45, 7) is -0.108. The zero-order valence-electron chi connectivity index (χ0n) is 8.09. The molecule has 1 heterocycles. The van der Waals surface area contributed by atoms with E-state index in [1.54, 1.807) is 6.08 Å². The predicted molar refractivity (Wildman–Crippen MR) is 53.0 cm³/mol. The smallest absolute Gasteiger partial charge is 0.307 e. The van der Waals surface area contributed by atoms with Crippen LogP contribution in [0.4, 0.5) is 0 Å². The molecule has 2 atom stereocenters. The standard InChI is InChI=1S/C11H12O4/c12-6-9-5-8-3-7(4-11(13)14)1-2-10(8)15-9/h1-3,5,8,10,12H,4,6H2,(H,13,14). The van der Waals surface area contributed by atoms with Crippen molar-refractivity contribution in [2.75, 3.05) is 6.61 Å². The number of carboxylic acids is 1. The molecule has 0 bridgehead atoms. The van der Waals surface area contributed by atoms with Crippen molar-refractivity contribution >= 4 is 5.97 Å². The van der Waals surface area contributed by atoms with Crippen LogP contribution in [0.3, 0.4) is 0 Å². The van der Waals surface area contributed by atoms with Gasteiger partial charge in [-0.2, -0.15) is 0 Å². The first kappa shape index (κ1) is 9.98. The molecule has 15 heavy (non-hydrogen) atoms. The summed E-state index contributed by atoms with van der Waals surface area (Å²) in [5.74, 6) is -0.219. The summed E-state index contributed by atoms with van der Waals surface area (Å²) >= 11 is 0. The van der Waals surface area contributed by atoms with Crippen LogP contribution >= 0.6 is 0 Å². The van der Waals surface area contributed by atoms with Crippen molar-refractivity contribution < 1.29 is 19.7 Å². The van der Waals surface area contributed by atoms with Crippen molar-refractivity contribution in [3.8, 4) is 0 Å². The van der Waals surface area contributed by atoms with Gasteiger partial charge in [-0.3, -0.25) is 4.79 Å². The number of allylic oxidation sites excluding steroid dienone is 1. The molecular weight excluding hydrogens is 196 g/mol. The lowest BCUT2D eigenvalue weighted by molar-refractivity contribution is -0.136. The zero-order valence-corrected chi connectivity index (χ0v) is 8.09. The molecule has 2 rings (SSSR count). The Morgan fingerprint density at radius 1 is 1.47 bits per heavy atom. The van der Waals surface area contributed by atoms with Crippen molar-refractivity contribution in [3.63, 3.8) is 0 Å². The molecule has 4 nitrogen and oxygen atoms in total. The van der Waals surface area contributed by atoms with Crippen molar-refractivity contribution in [1.82, 2.24) is 0 Å². The van der Waals surface area contributed by atoms with Crippen LogP contribution in [0.1, 0.15) is 6.42 Å². The van der Waals surface area contributed by atoms with E-state index in [2.05, 4.69) is 0 Å². The second-order valence-electron chi connectivity index (χ2n) is 3.62. The number of aliphatic hydroxyl groups is 1. The zero-order chi connectivity index (χ0) is 10.8. The molecule has 2 N–H and O–H groups in total. The molecule has 0 aromatic heterocycles. The predicted octanol–water partition coefficient (Wildman–Crippen LogP) is 0.849. The van der Waals surface area contributed by atoms with Crippen LogP contribution in [0, 0.1) is 5.92 Å². The second-order valence-corrected chi connectivity index (χ2v) is 3.62. The molecule has 80 valence electrons. The molecule has 0 radical (unpaired) electrons. The number of aliphatic hydroxyl groups excluding tert-OH is 1. The average Bonchev–Trinajstić information content (AvgIpc) is 2.58. The first-order chi connectivity index (χ1) is 7.19. The third kappa shape index (κ3) is 2.10. The lowest BCUT2D eigenvalue weighted by Gasteiger charge is -2.17. The summed E-state index contributed by atoms with van der Waals surface area (Å²) in [5.41, 5.74) is 0.780. The van der Waals surface area contributed by atoms with Gasteiger partial charge in [-0.25, -0.2) is 0 Å². The normalized spacial score (nSPS) is 27.8. The van der Waals surface area contributed by atoms with Gasteiger partial charge in [0.15, 0.2) is 0 Å². The highest BCUT2D eigenvalue weighted by atomic mass is 16.5.